The molecule has 0 aliphatic rings. The number of nitrogens with zero attached hydrogens (tertiary/aromatic N) is 1. The van der Waals surface area contributed by atoms with Gasteiger partial charge in [0.2, 0.25) is 0 Å². The lowest BCUT2D eigenvalue weighted by atomic mass is 10.1. The molecule has 104 valence electrons. The summed E-state index contributed by atoms with van der Waals surface area (Å²) >= 11 is 6.81. The van der Waals surface area contributed by atoms with Crippen molar-refractivity contribution in [2.24, 2.45) is 0 Å². The molecule has 0 fully saturated rings. The number of H-pyrrole nitrogens is 1. The summed E-state index contributed by atoms with van der Waals surface area (Å²) in [6, 6.07) is 0. The summed E-state index contributed by atoms with van der Waals surface area (Å²) in [5, 5.41) is 0. The van der Waals surface area contributed by atoms with Crippen LogP contribution in [0.1, 0.15) is 70.5 Å². The highest BCUT2D eigenvalue weighted by Gasteiger charge is 2.04. The number of imidazole rings is 1. The zero-order valence-electron chi connectivity index (χ0n) is 11.3. The fourth-order valence-electron chi connectivity index (χ4n) is 2.10. The van der Waals surface area contributed by atoms with E-state index in [1.807, 2.05) is 0 Å². The lowest BCUT2D eigenvalue weighted by Crippen LogP contribution is -1.89. The van der Waals surface area contributed by atoms with Gasteiger partial charge in [-0.1, -0.05) is 58.3 Å². The highest BCUT2D eigenvalue weighted by molar-refractivity contribution is 9.13. The quantitative estimate of drug-likeness (QED) is 0.495. The third kappa shape index (κ3) is 6.93. The molecule has 0 radical (unpaired) electrons. The maximum Gasteiger partial charge on any atom is 0.138 e. The van der Waals surface area contributed by atoms with Gasteiger partial charge in [-0.25, -0.2) is 4.98 Å². The Labute approximate surface area is 128 Å². The van der Waals surface area contributed by atoms with E-state index in [2.05, 4.69) is 48.8 Å². The van der Waals surface area contributed by atoms with Crippen LogP contribution in [0.15, 0.2) is 9.21 Å². The first-order valence-electron chi connectivity index (χ1n) is 7.14. The molecule has 1 heterocycles. The molecule has 1 aromatic rings. The minimum Gasteiger partial charge on any atom is -0.336 e. The molecule has 18 heavy (non-hydrogen) atoms. The number of halogens is 2. The minimum atomic E-state index is 0.883. The van der Waals surface area contributed by atoms with E-state index in [9.17, 15) is 0 Å². The lowest BCUT2D eigenvalue weighted by Gasteiger charge is -2.01. The summed E-state index contributed by atoms with van der Waals surface area (Å²) in [4.78, 5) is 7.62. The van der Waals surface area contributed by atoms with Gasteiger partial charge in [0.05, 0.1) is 0 Å². The fourth-order valence-corrected chi connectivity index (χ4v) is 2.73. The van der Waals surface area contributed by atoms with Crippen LogP contribution in [0.5, 0.6) is 0 Å². The molecular formula is C14H24Br2N2. The average molecular weight is 380 g/mol. The van der Waals surface area contributed by atoms with Crippen molar-refractivity contribution in [3.8, 4) is 0 Å². The summed E-state index contributed by atoms with van der Waals surface area (Å²) < 4.78 is 1.84. The van der Waals surface area contributed by atoms with E-state index in [1.165, 1.54) is 57.8 Å². The Kier molecular flexibility index (Phi) is 9.03. The molecule has 0 atom stereocenters. The van der Waals surface area contributed by atoms with Gasteiger partial charge in [0.25, 0.3) is 0 Å². The van der Waals surface area contributed by atoms with E-state index in [1.54, 1.807) is 0 Å². The van der Waals surface area contributed by atoms with E-state index in [0.717, 1.165) is 21.5 Å². The van der Waals surface area contributed by atoms with Crippen LogP contribution >= 0.6 is 31.9 Å². The summed E-state index contributed by atoms with van der Waals surface area (Å²) in [7, 11) is 0. The van der Waals surface area contributed by atoms with E-state index >= 15 is 0 Å². The Hall–Kier alpha value is 0.170. The molecule has 0 aliphatic heterocycles. The fraction of sp³-hybridized carbons (Fsp3) is 0.786. The van der Waals surface area contributed by atoms with Crippen molar-refractivity contribution in [2.45, 2.75) is 71.1 Å². The zero-order valence-corrected chi connectivity index (χ0v) is 14.4. The van der Waals surface area contributed by atoms with Crippen molar-refractivity contribution in [3.05, 3.63) is 15.0 Å². The van der Waals surface area contributed by atoms with Crippen LogP contribution < -0.4 is 0 Å². The van der Waals surface area contributed by atoms with E-state index in [4.69, 9.17) is 0 Å². The first-order chi connectivity index (χ1) is 8.74. The van der Waals surface area contributed by atoms with Crippen LogP contribution in [-0.4, -0.2) is 9.97 Å². The second-order valence-electron chi connectivity index (χ2n) is 4.87. The van der Waals surface area contributed by atoms with Crippen LogP contribution in [0.2, 0.25) is 0 Å². The van der Waals surface area contributed by atoms with Crippen LogP contribution in [0.4, 0.5) is 0 Å². The van der Waals surface area contributed by atoms with E-state index < -0.39 is 0 Å². The van der Waals surface area contributed by atoms with Gasteiger partial charge in [-0.05, 0) is 38.3 Å². The standard InChI is InChI=1S/C14H24Br2N2/c1-2-3-4-5-6-7-8-9-10-11-12-17-13(15)14(16)18-12/h2-11H2,1H3,(H,17,18). The van der Waals surface area contributed by atoms with Crippen LogP contribution in [0.3, 0.4) is 0 Å². The van der Waals surface area contributed by atoms with Crippen molar-refractivity contribution in [3.63, 3.8) is 0 Å². The molecule has 0 unspecified atom stereocenters. The maximum absolute atomic E-state index is 4.39. The number of hydrogen-bond acceptors (Lipinski definition) is 1. The molecule has 0 spiro atoms. The Morgan fingerprint density at radius 2 is 1.44 bits per heavy atom. The predicted octanol–water partition coefficient (Wildman–Crippen LogP) is 6.01. The second-order valence-corrected chi connectivity index (χ2v) is 6.41. The normalized spacial score (nSPS) is 11.1. The first kappa shape index (κ1) is 16.2. The van der Waals surface area contributed by atoms with Crippen LogP contribution in [0, 0.1) is 0 Å². The molecule has 2 nitrogen and oxygen atoms in total. The largest absolute Gasteiger partial charge is 0.336 e. The number of hydrogen-bond donors (Lipinski definition) is 1. The van der Waals surface area contributed by atoms with Crippen molar-refractivity contribution in [2.75, 3.05) is 0 Å². The van der Waals surface area contributed by atoms with Gasteiger partial charge in [-0.3, -0.25) is 0 Å². The molecule has 0 bridgehead atoms. The van der Waals surface area contributed by atoms with E-state index in [-0.39, 0.29) is 0 Å². The number of nitrogens with one attached hydrogen (secondary N) is 1. The van der Waals surface area contributed by atoms with Crippen molar-refractivity contribution in [1.29, 1.82) is 0 Å². The van der Waals surface area contributed by atoms with Gasteiger partial charge >= 0.3 is 0 Å². The summed E-state index contributed by atoms with van der Waals surface area (Å²) in [5.41, 5.74) is 0. The number of rotatable bonds is 10. The third-order valence-corrected chi connectivity index (χ3v) is 4.87. The number of unbranched alkanes of at least 4 members (excludes halogenated alkanes) is 8. The van der Waals surface area contributed by atoms with Crippen molar-refractivity contribution in [1.82, 2.24) is 9.97 Å². The topological polar surface area (TPSA) is 28.7 Å². The SMILES string of the molecule is CCCCCCCCCCCc1nc(Br)c(Br)[nH]1. The molecule has 0 aromatic carbocycles. The van der Waals surface area contributed by atoms with Gasteiger partial charge in [0.1, 0.15) is 15.0 Å². The van der Waals surface area contributed by atoms with Crippen molar-refractivity contribution < 1.29 is 0 Å². The number of aromatic amines is 1. The smallest absolute Gasteiger partial charge is 0.138 e. The number of aryl methyl sites for hydroxylation is 1. The zero-order chi connectivity index (χ0) is 13.2. The third-order valence-electron chi connectivity index (χ3n) is 3.19. The predicted molar refractivity (Wildman–Crippen MR) is 84.9 cm³/mol. The first-order valence-corrected chi connectivity index (χ1v) is 8.72. The molecule has 0 amide bonds. The molecule has 0 saturated heterocycles. The van der Waals surface area contributed by atoms with Gasteiger partial charge < -0.3 is 4.98 Å². The molecule has 4 heteroatoms. The Morgan fingerprint density at radius 3 is 1.94 bits per heavy atom. The molecule has 1 aromatic heterocycles. The van der Waals surface area contributed by atoms with Crippen LogP contribution in [-0.2, 0) is 6.42 Å². The lowest BCUT2D eigenvalue weighted by molar-refractivity contribution is 0.562. The van der Waals surface area contributed by atoms with Gasteiger partial charge in [-0.2, -0.15) is 0 Å². The van der Waals surface area contributed by atoms with E-state index in [0.29, 0.717) is 0 Å². The molecular weight excluding hydrogens is 356 g/mol. The maximum atomic E-state index is 4.39. The van der Waals surface area contributed by atoms with Crippen LogP contribution in [0.25, 0.3) is 0 Å². The highest BCUT2D eigenvalue weighted by Crippen LogP contribution is 2.20. The monoisotopic (exact) mass is 378 g/mol. The van der Waals surface area contributed by atoms with Gasteiger partial charge in [0.15, 0.2) is 0 Å². The Balaban J connectivity index is 1.92. The average Bonchev–Trinajstić information content (AvgIpc) is 2.67. The Morgan fingerprint density at radius 1 is 0.889 bits per heavy atom. The molecule has 0 saturated carbocycles. The summed E-state index contributed by atoms with van der Waals surface area (Å²) in [6.07, 6.45) is 13.4. The Bertz CT molecular complexity index is 304. The summed E-state index contributed by atoms with van der Waals surface area (Å²) in [5.74, 6) is 1.08. The van der Waals surface area contributed by atoms with Gasteiger partial charge in [-0.15, -0.1) is 0 Å². The molecule has 0 aliphatic carbocycles. The highest BCUT2D eigenvalue weighted by atomic mass is 79.9. The van der Waals surface area contributed by atoms with Crippen molar-refractivity contribution >= 4 is 31.9 Å². The van der Waals surface area contributed by atoms with Gasteiger partial charge in [0, 0.05) is 6.42 Å². The molecule has 1 rings (SSSR count). The number of aromatic nitrogens is 2. The second kappa shape index (κ2) is 10.0. The minimum absolute atomic E-state index is 0.883. The molecule has 1 N–H and O–H groups in total. The summed E-state index contributed by atoms with van der Waals surface area (Å²) in [6.45, 7) is 2.27.